The molecule has 0 fully saturated rings. The van der Waals surface area contributed by atoms with E-state index in [1.165, 1.54) is 6.07 Å². The molecule has 0 saturated heterocycles. The summed E-state index contributed by atoms with van der Waals surface area (Å²) < 4.78 is 13.2. The predicted molar refractivity (Wildman–Crippen MR) is 48.4 cm³/mol. The Morgan fingerprint density at radius 3 is 2.58 bits per heavy atom. The molecule has 1 aromatic carbocycles. The molecule has 0 aliphatic carbocycles. The first-order valence-electron chi connectivity index (χ1n) is 4.19. The lowest BCUT2D eigenvalue weighted by molar-refractivity contribution is 0.604. The Morgan fingerprint density at radius 2 is 2.17 bits per heavy atom. The molecule has 66 valence electrons. The molecule has 1 rings (SSSR count). The molecule has 0 aliphatic rings. The number of hydrogen-bond donors (Lipinski definition) is 1. The minimum atomic E-state index is -0.146. The largest absolute Gasteiger partial charge is 0.324 e. The first-order valence-corrected chi connectivity index (χ1v) is 4.19. The summed E-state index contributed by atoms with van der Waals surface area (Å²) in [6.07, 6.45) is 0.698. The molecule has 1 nitrogen and oxygen atoms in total. The molecule has 0 radical (unpaired) electrons. The van der Waals surface area contributed by atoms with Crippen LogP contribution in [0, 0.1) is 5.82 Å². The Bertz CT molecular complexity index is 269. The van der Waals surface area contributed by atoms with Gasteiger partial charge >= 0.3 is 0 Å². The molecule has 0 heterocycles. The van der Waals surface area contributed by atoms with E-state index >= 15 is 0 Å². The summed E-state index contributed by atoms with van der Waals surface area (Å²) in [6, 6.07) is 4.97. The van der Waals surface area contributed by atoms with Crippen molar-refractivity contribution in [3.63, 3.8) is 0 Å². The van der Waals surface area contributed by atoms with Crippen LogP contribution in [0.3, 0.4) is 0 Å². The smallest absolute Gasteiger partial charge is 0.126 e. The van der Waals surface area contributed by atoms with Crippen LogP contribution in [-0.4, -0.2) is 0 Å². The van der Waals surface area contributed by atoms with Crippen molar-refractivity contribution >= 4 is 0 Å². The van der Waals surface area contributed by atoms with E-state index in [-0.39, 0.29) is 11.9 Å². The average Bonchev–Trinajstić information content (AvgIpc) is 2.03. The third-order valence-electron chi connectivity index (χ3n) is 2.00. The summed E-state index contributed by atoms with van der Waals surface area (Å²) in [6.45, 7) is 3.80. The highest BCUT2D eigenvalue weighted by atomic mass is 19.1. The van der Waals surface area contributed by atoms with Gasteiger partial charge in [0.05, 0.1) is 0 Å². The summed E-state index contributed by atoms with van der Waals surface area (Å²) in [4.78, 5) is 0. The third kappa shape index (κ3) is 1.64. The molecular weight excluding hydrogens is 153 g/mol. The highest BCUT2D eigenvalue weighted by molar-refractivity contribution is 5.30. The minimum Gasteiger partial charge on any atom is -0.324 e. The van der Waals surface area contributed by atoms with E-state index in [0.717, 1.165) is 11.1 Å². The molecule has 0 aliphatic heterocycles. The molecular formula is C10H14FN. The number of hydrogen-bond acceptors (Lipinski definition) is 1. The monoisotopic (exact) mass is 167 g/mol. The maximum atomic E-state index is 13.2. The van der Waals surface area contributed by atoms with Gasteiger partial charge in [-0.1, -0.05) is 19.1 Å². The van der Waals surface area contributed by atoms with Gasteiger partial charge in [0.1, 0.15) is 5.82 Å². The van der Waals surface area contributed by atoms with E-state index < -0.39 is 0 Å². The Hall–Kier alpha value is -0.890. The SMILES string of the molecule is CCc1c(F)cccc1C(C)N. The van der Waals surface area contributed by atoms with Crippen molar-refractivity contribution in [2.24, 2.45) is 5.73 Å². The van der Waals surface area contributed by atoms with Crippen molar-refractivity contribution in [2.75, 3.05) is 0 Å². The molecule has 12 heavy (non-hydrogen) atoms. The van der Waals surface area contributed by atoms with Crippen molar-refractivity contribution in [1.29, 1.82) is 0 Å². The predicted octanol–water partition coefficient (Wildman–Crippen LogP) is 2.41. The quantitative estimate of drug-likeness (QED) is 0.719. The van der Waals surface area contributed by atoms with Gasteiger partial charge in [0.25, 0.3) is 0 Å². The lowest BCUT2D eigenvalue weighted by Gasteiger charge is -2.11. The van der Waals surface area contributed by atoms with Gasteiger partial charge in [0.15, 0.2) is 0 Å². The van der Waals surface area contributed by atoms with E-state index in [1.807, 2.05) is 19.9 Å². The highest BCUT2D eigenvalue weighted by Crippen LogP contribution is 2.19. The van der Waals surface area contributed by atoms with Crippen molar-refractivity contribution in [1.82, 2.24) is 0 Å². The van der Waals surface area contributed by atoms with Crippen LogP contribution in [0.4, 0.5) is 4.39 Å². The zero-order valence-corrected chi connectivity index (χ0v) is 7.47. The normalized spacial score (nSPS) is 13.0. The van der Waals surface area contributed by atoms with E-state index in [1.54, 1.807) is 6.07 Å². The summed E-state index contributed by atoms with van der Waals surface area (Å²) in [5, 5.41) is 0. The van der Waals surface area contributed by atoms with E-state index in [0.29, 0.717) is 6.42 Å². The molecule has 1 atom stereocenters. The fourth-order valence-corrected chi connectivity index (χ4v) is 1.37. The fraction of sp³-hybridized carbons (Fsp3) is 0.400. The number of benzene rings is 1. The molecule has 0 bridgehead atoms. The third-order valence-corrected chi connectivity index (χ3v) is 2.00. The average molecular weight is 167 g/mol. The maximum absolute atomic E-state index is 13.2. The van der Waals surface area contributed by atoms with E-state index in [9.17, 15) is 4.39 Å². The van der Waals surface area contributed by atoms with Gasteiger partial charge in [-0.15, -0.1) is 0 Å². The van der Waals surface area contributed by atoms with Gasteiger partial charge in [-0.2, -0.15) is 0 Å². The molecule has 0 saturated carbocycles. The Morgan fingerprint density at radius 1 is 1.50 bits per heavy atom. The van der Waals surface area contributed by atoms with Crippen LogP contribution in [0.2, 0.25) is 0 Å². The second-order valence-corrected chi connectivity index (χ2v) is 2.95. The van der Waals surface area contributed by atoms with Gasteiger partial charge in [-0.05, 0) is 30.5 Å². The van der Waals surface area contributed by atoms with E-state index in [4.69, 9.17) is 5.73 Å². The topological polar surface area (TPSA) is 26.0 Å². The van der Waals surface area contributed by atoms with Gasteiger partial charge < -0.3 is 5.73 Å². The molecule has 1 unspecified atom stereocenters. The summed E-state index contributed by atoms with van der Waals surface area (Å²) >= 11 is 0. The van der Waals surface area contributed by atoms with Gasteiger partial charge in [-0.3, -0.25) is 0 Å². The molecule has 2 heteroatoms. The van der Waals surface area contributed by atoms with Crippen molar-refractivity contribution < 1.29 is 4.39 Å². The van der Waals surface area contributed by atoms with Crippen LogP contribution in [-0.2, 0) is 6.42 Å². The lowest BCUT2D eigenvalue weighted by atomic mass is 10.00. The zero-order valence-electron chi connectivity index (χ0n) is 7.47. The molecule has 1 aromatic rings. The standard InChI is InChI=1S/C10H14FN/c1-3-8-9(7(2)12)5-4-6-10(8)11/h4-7H,3,12H2,1-2H3. The molecule has 0 amide bonds. The summed E-state index contributed by atoms with van der Waals surface area (Å²) in [5.74, 6) is -0.146. The van der Waals surface area contributed by atoms with Crippen molar-refractivity contribution in [3.8, 4) is 0 Å². The van der Waals surface area contributed by atoms with Crippen LogP contribution in [0.1, 0.15) is 31.0 Å². The number of nitrogens with two attached hydrogens (primary N) is 1. The van der Waals surface area contributed by atoms with Gasteiger partial charge in [0, 0.05) is 6.04 Å². The number of halogens is 1. The Labute approximate surface area is 72.4 Å². The summed E-state index contributed by atoms with van der Waals surface area (Å²) in [7, 11) is 0. The first kappa shape index (κ1) is 9.20. The fourth-order valence-electron chi connectivity index (χ4n) is 1.37. The van der Waals surface area contributed by atoms with Crippen LogP contribution < -0.4 is 5.73 Å². The van der Waals surface area contributed by atoms with Crippen LogP contribution in [0.15, 0.2) is 18.2 Å². The molecule has 0 aromatic heterocycles. The highest BCUT2D eigenvalue weighted by Gasteiger charge is 2.08. The van der Waals surface area contributed by atoms with E-state index in [2.05, 4.69) is 0 Å². The second-order valence-electron chi connectivity index (χ2n) is 2.95. The van der Waals surface area contributed by atoms with Gasteiger partial charge in [-0.25, -0.2) is 4.39 Å². The van der Waals surface area contributed by atoms with Crippen LogP contribution >= 0.6 is 0 Å². The van der Waals surface area contributed by atoms with Crippen LogP contribution in [0.25, 0.3) is 0 Å². The first-order chi connectivity index (χ1) is 5.66. The van der Waals surface area contributed by atoms with Crippen molar-refractivity contribution in [3.05, 3.63) is 35.1 Å². The van der Waals surface area contributed by atoms with Gasteiger partial charge in [0.2, 0.25) is 0 Å². The zero-order chi connectivity index (χ0) is 9.14. The van der Waals surface area contributed by atoms with Crippen LogP contribution in [0.5, 0.6) is 0 Å². The summed E-state index contributed by atoms with van der Waals surface area (Å²) in [5.41, 5.74) is 7.35. The minimum absolute atomic E-state index is 0.0874. The number of rotatable bonds is 2. The van der Waals surface area contributed by atoms with Crippen molar-refractivity contribution in [2.45, 2.75) is 26.3 Å². The second kappa shape index (κ2) is 3.68. The lowest BCUT2D eigenvalue weighted by Crippen LogP contribution is -2.09. The Kier molecular flexibility index (Phi) is 2.82. The molecule has 2 N–H and O–H groups in total. The Balaban J connectivity index is 3.18. The molecule has 0 spiro atoms. The maximum Gasteiger partial charge on any atom is 0.126 e.